The summed E-state index contributed by atoms with van der Waals surface area (Å²) >= 11 is 5.62. The highest BCUT2D eigenvalue weighted by molar-refractivity contribution is 6.30. The van der Waals surface area contributed by atoms with Crippen LogP contribution in [0.15, 0.2) is 36.4 Å². The smallest absolute Gasteiger partial charge is 0.384 e. The Morgan fingerprint density at radius 1 is 0.952 bits per heavy atom. The minimum absolute atomic E-state index is 0.0118. The molecule has 1 atom stereocenters. The second kappa shape index (κ2) is 5.61. The van der Waals surface area contributed by atoms with Crippen molar-refractivity contribution in [3.63, 3.8) is 0 Å². The third kappa shape index (κ3) is 3.51. The average molecular weight is 323 g/mol. The molecule has 0 heterocycles. The number of benzene rings is 2. The number of rotatable bonds is 2. The van der Waals surface area contributed by atoms with Crippen molar-refractivity contribution < 1.29 is 27.1 Å². The molecule has 2 rings (SSSR count). The van der Waals surface area contributed by atoms with Gasteiger partial charge in [0.25, 0.3) is 0 Å². The Kier molecular flexibility index (Phi) is 4.20. The Balaban J connectivity index is 2.46. The molecule has 2 aromatic rings. The minimum atomic E-state index is -4.89. The first kappa shape index (κ1) is 15.7. The summed E-state index contributed by atoms with van der Waals surface area (Å²) in [7, 11) is 0. The van der Waals surface area contributed by atoms with Crippen LogP contribution < -0.4 is 0 Å². The maximum absolute atomic E-state index is 13.2. The highest BCUT2D eigenvalue weighted by Gasteiger charge is 2.34. The summed E-state index contributed by atoms with van der Waals surface area (Å²) in [5, 5.41) is 9.99. The lowest BCUT2D eigenvalue weighted by Gasteiger charge is -2.15. The number of aliphatic hydroxyl groups excluding tert-OH is 1. The van der Waals surface area contributed by atoms with Crippen LogP contribution in [0.2, 0.25) is 5.02 Å². The second-order valence-corrected chi connectivity index (χ2v) is 4.78. The standard InChI is InChI=1S/C14H8ClF5O/c15-9-3-8(4-10(16)6-9)13(21)7-1-2-12(17)11(5-7)14(18,19)20/h1-6,13,21H. The molecule has 0 aliphatic heterocycles. The third-order valence-electron chi connectivity index (χ3n) is 2.81. The molecule has 0 saturated heterocycles. The number of alkyl halides is 3. The second-order valence-electron chi connectivity index (χ2n) is 4.34. The Bertz CT molecular complexity index is 649. The fourth-order valence-electron chi connectivity index (χ4n) is 1.86. The van der Waals surface area contributed by atoms with Crippen LogP contribution >= 0.6 is 11.6 Å². The molecule has 0 bridgehead atoms. The van der Waals surface area contributed by atoms with E-state index in [0.29, 0.717) is 12.1 Å². The number of hydrogen-bond donors (Lipinski definition) is 1. The molecule has 21 heavy (non-hydrogen) atoms. The molecule has 0 aliphatic rings. The Morgan fingerprint density at radius 3 is 2.19 bits per heavy atom. The number of hydrogen-bond acceptors (Lipinski definition) is 1. The summed E-state index contributed by atoms with van der Waals surface area (Å²) in [5.74, 6) is -2.19. The van der Waals surface area contributed by atoms with Gasteiger partial charge in [-0.1, -0.05) is 17.7 Å². The van der Waals surface area contributed by atoms with Crippen molar-refractivity contribution in [3.05, 3.63) is 69.7 Å². The van der Waals surface area contributed by atoms with Gasteiger partial charge in [-0.3, -0.25) is 0 Å². The lowest BCUT2D eigenvalue weighted by atomic mass is 9.99. The van der Waals surface area contributed by atoms with E-state index in [2.05, 4.69) is 0 Å². The van der Waals surface area contributed by atoms with Crippen molar-refractivity contribution in [3.8, 4) is 0 Å². The molecule has 0 spiro atoms. The predicted octanol–water partition coefficient (Wildman–Crippen LogP) is 4.72. The summed E-state index contributed by atoms with van der Waals surface area (Å²) in [5.41, 5.74) is -1.74. The monoisotopic (exact) mass is 322 g/mol. The van der Waals surface area contributed by atoms with E-state index < -0.39 is 29.5 Å². The highest BCUT2D eigenvalue weighted by Crippen LogP contribution is 2.34. The van der Waals surface area contributed by atoms with Crippen LogP contribution in [-0.4, -0.2) is 5.11 Å². The normalized spacial score (nSPS) is 13.3. The van der Waals surface area contributed by atoms with E-state index in [0.717, 1.165) is 18.2 Å². The lowest BCUT2D eigenvalue weighted by Crippen LogP contribution is -2.10. The molecule has 7 heteroatoms. The van der Waals surface area contributed by atoms with Crippen LogP contribution in [0.4, 0.5) is 22.0 Å². The summed E-state index contributed by atoms with van der Waals surface area (Å²) in [4.78, 5) is 0. The fraction of sp³-hybridized carbons (Fsp3) is 0.143. The van der Waals surface area contributed by atoms with Gasteiger partial charge in [-0.25, -0.2) is 8.78 Å². The lowest BCUT2D eigenvalue weighted by molar-refractivity contribution is -0.140. The highest BCUT2D eigenvalue weighted by atomic mass is 35.5. The molecule has 112 valence electrons. The van der Waals surface area contributed by atoms with Gasteiger partial charge < -0.3 is 5.11 Å². The predicted molar refractivity (Wildman–Crippen MR) is 66.9 cm³/mol. The Hall–Kier alpha value is -1.66. The van der Waals surface area contributed by atoms with E-state index in [4.69, 9.17) is 11.6 Å². The molecular weight excluding hydrogens is 315 g/mol. The number of halogens is 6. The molecule has 0 fully saturated rings. The summed E-state index contributed by atoms with van der Waals surface area (Å²) in [6.07, 6.45) is -6.45. The molecule has 1 unspecified atom stereocenters. The topological polar surface area (TPSA) is 20.2 Å². The Morgan fingerprint density at radius 2 is 1.62 bits per heavy atom. The van der Waals surface area contributed by atoms with Crippen LogP contribution in [0.5, 0.6) is 0 Å². The van der Waals surface area contributed by atoms with Gasteiger partial charge in [-0.05, 0) is 41.5 Å². The maximum Gasteiger partial charge on any atom is 0.419 e. The van der Waals surface area contributed by atoms with E-state index in [1.54, 1.807) is 0 Å². The number of aliphatic hydroxyl groups is 1. The molecular formula is C14H8ClF5O. The van der Waals surface area contributed by atoms with Crippen LogP contribution in [0, 0.1) is 11.6 Å². The van der Waals surface area contributed by atoms with Crippen LogP contribution in [0.25, 0.3) is 0 Å². The molecule has 0 aromatic heterocycles. The van der Waals surface area contributed by atoms with Crippen LogP contribution in [-0.2, 0) is 6.18 Å². The zero-order valence-corrected chi connectivity index (χ0v) is 11.0. The first-order chi connectivity index (χ1) is 9.68. The van der Waals surface area contributed by atoms with E-state index in [-0.39, 0.29) is 16.1 Å². The van der Waals surface area contributed by atoms with Crippen molar-refractivity contribution in [2.24, 2.45) is 0 Å². The molecule has 0 radical (unpaired) electrons. The summed E-state index contributed by atoms with van der Waals surface area (Å²) in [6, 6.07) is 5.22. The van der Waals surface area contributed by atoms with Gasteiger partial charge >= 0.3 is 6.18 Å². The first-order valence-electron chi connectivity index (χ1n) is 5.69. The zero-order chi connectivity index (χ0) is 15.8. The zero-order valence-electron chi connectivity index (χ0n) is 10.3. The SMILES string of the molecule is OC(c1cc(F)cc(Cl)c1)c1ccc(F)c(C(F)(F)F)c1. The summed E-state index contributed by atoms with van der Waals surface area (Å²) < 4.78 is 64.2. The molecule has 0 amide bonds. The summed E-state index contributed by atoms with van der Waals surface area (Å²) in [6.45, 7) is 0. The van der Waals surface area contributed by atoms with E-state index in [9.17, 15) is 27.1 Å². The van der Waals surface area contributed by atoms with Crippen molar-refractivity contribution in [2.45, 2.75) is 12.3 Å². The van der Waals surface area contributed by atoms with E-state index in [1.807, 2.05) is 0 Å². The van der Waals surface area contributed by atoms with Crippen LogP contribution in [0.1, 0.15) is 22.8 Å². The van der Waals surface area contributed by atoms with Gasteiger partial charge in [0.05, 0.1) is 5.56 Å². The fourth-order valence-corrected chi connectivity index (χ4v) is 2.09. The molecule has 0 aliphatic carbocycles. The van der Waals surface area contributed by atoms with Crippen LogP contribution in [0.3, 0.4) is 0 Å². The van der Waals surface area contributed by atoms with Crippen molar-refractivity contribution >= 4 is 11.6 Å². The molecule has 1 nitrogen and oxygen atoms in total. The quantitative estimate of drug-likeness (QED) is 0.793. The first-order valence-corrected chi connectivity index (χ1v) is 6.07. The minimum Gasteiger partial charge on any atom is -0.384 e. The molecule has 2 aromatic carbocycles. The third-order valence-corrected chi connectivity index (χ3v) is 3.03. The average Bonchev–Trinajstić information content (AvgIpc) is 2.36. The van der Waals surface area contributed by atoms with E-state index in [1.165, 1.54) is 6.07 Å². The van der Waals surface area contributed by atoms with Gasteiger partial charge in [-0.2, -0.15) is 13.2 Å². The van der Waals surface area contributed by atoms with Gasteiger partial charge in [0.2, 0.25) is 0 Å². The molecule has 0 saturated carbocycles. The van der Waals surface area contributed by atoms with Gasteiger partial charge in [0, 0.05) is 5.02 Å². The van der Waals surface area contributed by atoms with Gasteiger partial charge in [0.1, 0.15) is 17.7 Å². The maximum atomic E-state index is 13.2. The van der Waals surface area contributed by atoms with Crippen molar-refractivity contribution in [1.82, 2.24) is 0 Å². The van der Waals surface area contributed by atoms with Gasteiger partial charge in [0.15, 0.2) is 0 Å². The van der Waals surface area contributed by atoms with Gasteiger partial charge in [-0.15, -0.1) is 0 Å². The van der Waals surface area contributed by atoms with Crippen molar-refractivity contribution in [2.75, 3.05) is 0 Å². The Labute approximate surface area is 121 Å². The van der Waals surface area contributed by atoms with Crippen molar-refractivity contribution in [1.29, 1.82) is 0 Å². The molecule has 1 N–H and O–H groups in total. The van der Waals surface area contributed by atoms with E-state index >= 15 is 0 Å². The largest absolute Gasteiger partial charge is 0.419 e.